The fraction of sp³-hybridized carbons (Fsp3) is 0.806. The van der Waals surface area contributed by atoms with E-state index < -0.39 is 7.82 Å². The number of phosphoric ester groups is 1. The maximum Gasteiger partial charge on any atom is 0.472 e. The van der Waals surface area contributed by atoms with Crippen molar-refractivity contribution in [2.45, 2.75) is 135 Å². The molecule has 0 radical (unpaired) electrons. The third kappa shape index (κ3) is 17.5. The van der Waals surface area contributed by atoms with Crippen molar-refractivity contribution in [3.05, 3.63) is 35.9 Å². The van der Waals surface area contributed by atoms with Gasteiger partial charge in [-0.1, -0.05) is 134 Å². The van der Waals surface area contributed by atoms with Gasteiger partial charge < -0.3 is 9.79 Å². The molecule has 1 unspecified atom stereocenters. The number of benzene rings is 1. The summed E-state index contributed by atoms with van der Waals surface area (Å²) in [5.41, 5.74) is 1.35. The highest BCUT2D eigenvalue weighted by Crippen LogP contribution is 2.46. The number of unbranched alkanes of at least 4 members (excludes halogenated alkanes) is 15. The van der Waals surface area contributed by atoms with Crippen molar-refractivity contribution in [3.63, 3.8) is 0 Å². The van der Waals surface area contributed by atoms with Gasteiger partial charge in [-0.15, -0.1) is 0 Å². The molecule has 6 heteroatoms. The Bertz CT molecular complexity index is 694. The summed E-state index contributed by atoms with van der Waals surface area (Å²) < 4.78 is 23.1. The minimum absolute atomic E-state index is 0.186. The van der Waals surface area contributed by atoms with Crippen LogP contribution in [-0.4, -0.2) is 42.1 Å². The van der Waals surface area contributed by atoms with Gasteiger partial charge in [-0.05, 0) is 31.2 Å². The molecule has 214 valence electrons. The number of hydrogen-bond acceptors (Lipinski definition) is 4. The summed E-state index contributed by atoms with van der Waals surface area (Å²) in [5.74, 6) is 0. The zero-order chi connectivity index (χ0) is 26.4. The SMILES string of the molecule is CCCCCCCCCCCCCCCCCCOP(=O)(O)OC1CCN(CCc2ccccc2)CC1. The first-order valence-electron chi connectivity index (χ1n) is 15.5. The summed E-state index contributed by atoms with van der Waals surface area (Å²) in [6.07, 6.45) is 23.4. The van der Waals surface area contributed by atoms with Crippen LogP contribution in [0.2, 0.25) is 0 Å². The standard InChI is InChI=1S/C31H56NO4P/c1-2-3-4-5-6-7-8-9-10-11-12-13-14-15-16-20-29-35-37(33,34)36-31-24-27-32(28-25-31)26-23-30-21-18-17-19-22-30/h17-19,21-22,31H,2-16,20,23-29H2,1H3,(H,33,34). The summed E-state index contributed by atoms with van der Waals surface area (Å²) in [6.45, 7) is 5.40. The van der Waals surface area contributed by atoms with E-state index in [9.17, 15) is 9.46 Å². The minimum Gasteiger partial charge on any atom is -0.303 e. The van der Waals surface area contributed by atoms with Gasteiger partial charge >= 0.3 is 7.82 Å². The van der Waals surface area contributed by atoms with E-state index in [2.05, 4.69) is 36.1 Å². The van der Waals surface area contributed by atoms with Gasteiger partial charge in [-0.3, -0.25) is 9.05 Å². The van der Waals surface area contributed by atoms with E-state index in [4.69, 9.17) is 9.05 Å². The highest BCUT2D eigenvalue weighted by Gasteiger charge is 2.29. The van der Waals surface area contributed by atoms with Gasteiger partial charge in [0, 0.05) is 19.6 Å². The van der Waals surface area contributed by atoms with Crippen LogP contribution in [0.5, 0.6) is 0 Å². The van der Waals surface area contributed by atoms with Crippen LogP contribution >= 0.6 is 7.82 Å². The van der Waals surface area contributed by atoms with E-state index in [0.717, 1.165) is 51.7 Å². The molecule has 1 heterocycles. The van der Waals surface area contributed by atoms with Gasteiger partial charge in [-0.2, -0.15) is 0 Å². The van der Waals surface area contributed by atoms with Crippen molar-refractivity contribution in [2.75, 3.05) is 26.2 Å². The molecule has 5 nitrogen and oxygen atoms in total. The Labute approximate surface area is 228 Å². The zero-order valence-corrected chi connectivity index (χ0v) is 24.7. The highest BCUT2D eigenvalue weighted by molar-refractivity contribution is 7.47. The maximum atomic E-state index is 12.3. The van der Waals surface area contributed by atoms with Crippen molar-refractivity contribution in [2.24, 2.45) is 0 Å². The van der Waals surface area contributed by atoms with Crippen LogP contribution < -0.4 is 0 Å². The number of hydrogen-bond donors (Lipinski definition) is 1. The fourth-order valence-corrected chi connectivity index (χ4v) is 6.23. The molecule has 1 saturated heterocycles. The summed E-state index contributed by atoms with van der Waals surface area (Å²) in [4.78, 5) is 12.5. The van der Waals surface area contributed by atoms with Crippen LogP contribution in [0, 0.1) is 0 Å². The smallest absolute Gasteiger partial charge is 0.303 e. The van der Waals surface area contributed by atoms with Crippen LogP contribution in [0.1, 0.15) is 128 Å². The first kappa shape index (κ1) is 32.5. The monoisotopic (exact) mass is 537 g/mol. The van der Waals surface area contributed by atoms with E-state index in [1.165, 1.54) is 95.5 Å². The molecule has 0 saturated carbocycles. The second-order valence-electron chi connectivity index (χ2n) is 11.0. The van der Waals surface area contributed by atoms with E-state index in [1.54, 1.807) is 0 Å². The topological polar surface area (TPSA) is 59.0 Å². The first-order valence-corrected chi connectivity index (χ1v) is 17.0. The molecule has 2 rings (SSSR count). The lowest BCUT2D eigenvalue weighted by Gasteiger charge is -2.32. The number of likely N-dealkylation sites (tertiary alicyclic amines) is 1. The van der Waals surface area contributed by atoms with Gasteiger partial charge in [0.15, 0.2) is 0 Å². The van der Waals surface area contributed by atoms with Gasteiger partial charge in [0.25, 0.3) is 0 Å². The van der Waals surface area contributed by atoms with Gasteiger partial charge in [-0.25, -0.2) is 4.57 Å². The van der Waals surface area contributed by atoms with Crippen molar-refractivity contribution < 1.29 is 18.5 Å². The average Bonchev–Trinajstić information content (AvgIpc) is 2.90. The summed E-state index contributed by atoms with van der Waals surface area (Å²) in [6, 6.07) is 10.5. The van der Waals surface area contributed by atoms with Gasteiger partial charge in [0.1, 0.15) is 0 Å². The van der Waals surface area contributed by atoms with Gasteiger partial charge in [0.2, 0.25) is 0 Å². The molecule has 1 aliphatic rings. The van der Waals surface area contributed by atoms with Crippen molar-refractivity contribution >= 4 is 7.82 Å². The second-order valence-corrected chi connectivity index (χ2v) is 12.4. The first-order chi connectivity index (χ1) is 18.1. The van der Waals surface area contributed by atoms with Gasteiger partial charge in [0.05, 0.1) is 12.7 Å². The van der Waals surface area contributed by atoms with Crippen LogP contribution in [0.3, 0.4) is 0 Å². The Hall–Kier alpha value is -0.710. The Morgan fingerprint density at radius 3 is 1.78 bits per heavy atom. The molecule has 1 N–H and O–H groups in total. The van der Waals surface area contributed by atoms with E-state index >= 15 is 0 Å². The molecule has 1 aromatic carbocycles. The van der Waals surface area contributed by atoms with Crippen LogP contribution in [0.15, 0.2) is 30.3 Å². The summed E-state index contributed by atoms with van der Waals surface area (Å²) in [7, 11) is -3.95. The largest absolute Gasteiger partial charge is 0.472 e. The predicted molar refractivity (Wildman–Crippen MR) is 156 cm³/mol. The Balaban J connectivity index is 1.36. The predicted octanol–water partition coefficient (Wildman–Crippen LogP) is 9.09. The molecule has 0 spiro atoms. The lowest BCUT2D eigenvalue weighted by Crippen LogP contribution is -2.37. The number of nitrogens with zero attached hydrogens (tertiary/aromatic N) is 1. The quantitative estimate of drug-likeness (QED) is 0.111. The molecule has 0 amide bonds. The third-order valence-corrected chi connectivity index (χ3v) is 8.70. The Morgan fingerprint density at radius 1 is 0.784 bits per heavy atom. The minimum atomic E-state index is -3.95. The van der Waals surface area contributed by atoms with E-state index in [1.807, 2.05) is 6.07 Å². The molecular weight excluding hydrogens is 481 g/mol. The fourth-order valence-electron chi connectivity index (χ4n) is 5.22. The molecular formula is C31H56NO4P. The maximum absolute atomic E-state index is 12.3. The van der Waals surface area contributed by atoms with E-state index in [-0.39, 0.29) is 6.10 Å². The molecule has 0 aromatic heterocycles. The molecule has 37 heavy (non-hydrogen) atoms. The lowest BCUT2D eigenvalue weighted by molar-refractivity contribution is 0.0577. The molecule has 1 atom stereocenters. The van der Waals surface area contributed by atoms with Crippen molar-refractivity contribution in [3.8, 4) is 0 Å². The molecule has 1 fully saturated rings. The molecule has 0 aliphatic carbocycles. The Kier molecular flexibility index (Phi) is 18.6. The molecule has 1 aromatic rings. The number of phosphoric acid groups is 1. The van der Waals surface area contributed by atoms with Crippen molar-refractivity contribution in [1.29, 1.82) is 0 Å². The summed E-state index contributed by atoms with van der Waals surface area (Å²) in [5, 5.41) is 0. The normalized spacial score (nSPS) is 16.7. The van der Waals surface area contributed by atoms with E-state index in [0.29, 0.717) is 6.61 Å². The van der Waals surface area contributed by atoms with Crippen LogP contribution in [0.4, 0.5) is 0 Å². The highest BCUT2D eigenvalue weighted by atomic mass is 31.2. The second kappa shape index (κ2) is 21.2. The Morgan fingerprint density at radius 2 is 1.27 bits per heavy atom. The van der Waals surface area contributed by atoms with Crippen molar-refractivity contribution in [1.82, 2.24) is 4.90 Å². The zero-order valence-electron chi connectivity index (χ0n) is 23.8. The average molecular weight is 538 g/mol. The van der Waals surface area contributed by atoms with Crippen LogP contribution in [0.25, 0.3) is 0 Å². The third-order valence-electron chi connectivity index (χ3n) is 7.63. The summed E-state index contributed by atoms with van der Waals surface area (Å²) >= 11 is 0. The number of piperidine rings is 1. The van der Waals surface area contributed by atoms with Crippen LogP contribution in [-0.2, 0) is 20.0 Å². The number of rotatable bonds is 23. The molecule has 1 aliphatic heterocycles. The molecule has 0 bridgehead atoms. The lowest BCUT2D eigenvalue weighted by atomic mass is 10.0.